The first kappa shape index (κ1) is 18.1. The van der Waals surface area contributed by atoms with Gasteiger partial charge in [0.2, 0.25) is 10.0 Å². The molecule has 2 fully saturated rings. The topological polar surface area (TPSA) is 92.3 Å². The van der Waals surface area contributed by atoms with Crippen LogP contribution in [-0.2, 0) is 10.0 Å². The summed E-state index contributed by atoms with van der Waals surface area (Å²) in [7, 11) is -3.51. The molecule has 2 aliphatic heterocycles. The third-order valence-corrected chi connectivity index (χ3v) is 7.35. The first-order chi connectivity index (χ1) is 12.9. The fraction of sp³-hybridized carbons (Fsp3) is 0.421. The molecule has 2 unspecified atom stereocenters. The van der Waals surface area contributed by atoms with E-state index in [1.54, 1.807) is 34.8 Å². The lowest BCUT2D eigenvalue weighted by molar-refractivity contribution is 0.0904. The Hall–Kier alpha value is -2.32. The van der Waals surface area contributed by atoms with E-state index in [2.05, 4.69) is 15.3 Å². The highest BCUT2D eigenvalue weighted by molar-refractivity contribution is 7.89. The number of sulfonamides is 1. The Morgan fingerprint density at radius 2 is 1.74 bits per heavy atom. The van der Waals surface area contributed by atoms with Crippen molar-refractivity contribution < 1.29 is 13.2 Å². The van der Waals surface area contributed by atoms with E-state index in [0.717, 1.165) is 18.5 Å². The molecule has 7 nitrogen and oxygen atoms in total. The van der Waals surface area contributed by atoms with Crippen LogP contribution in [0.25, 0.3) is 0 Å². The monoisotopic (exact) mass is 386 g/mol. The van der Waals surface area contributed by atoms with Crippen molar-refractivity contribution in [2.24, 2.45) is 0 Å². The molecule has 8 heteroatoms. The minimum absolute atomic E-state index is 0.0553. The number of carbonyl (C=O) groups excluding carboxylic acids is 1. The van der Waals surface area contributed by atoms with Gasteiger partial charge in [0.25, 0.3) is 5.91 Å². The average Bonchev–Trinajstić information content (AvgIpc) is 2.95. The lowest BCUT2D eigenvalue weighted by atomic mass is 9.99. The van der Waals surface area contributed by atoms with Gasteiger partial charge in [-0.05, 0) is 44.7 Å². The van der Waals surface area contributed by atoms with Crippen molar-refractivity contribution in [2.75, 3.05) is 0 Å². The number of aryl methyl sites for hydroxylation is 1. The lowest BCUT2D eigenvalue weighted by Gasteiger charge is -2.38. The predicted octanol–water partition coefficient (Wildman–Crippen LogP) is 1.90. The van der Waals surface area contributed by atoms with Crippen LogP contribution in [0.3, 0.4) is 0 Å². The summed E-state index contributed by atoms with van der Waals surface area (Å²) in [6.07, 6.45) is 5.92. The molecular weight excluding hydrogens is 364 g/mol. The lowest BCUT2D eigenvalue weighted by Crippen LogP contribution is -2.52. The number of hydrogen-bond donors (Lipinski definition) is 1. The smallest absolute Gasteiger partial charge is 0.271 e. The Bertz CT molecular complexity index is 917. The third kappa shape index (κ3) is 3.46. The van der Waals surface area contributed by atoms with Crippen LogP contribution in [0.5, 0.6) is 0 Å². The summed E-state index contributed by atoms with van der Waals surface area (Å²) in [6.45, 7) is 1.81. The van der Waals surface area contributed by atoms with Crippen molar-refractivity contribution in [2.45, 2.75) is 55.6 Å². The van der Waals surface area contributed by atoms with E-state index >= 15 is 0 Å². The van der Waals surface area contributed by atoms with Gasteiger partial charge >= 0.3 is 0 Å². The van der Waals surface area contributed by atoms with Gasteiger partial charge in [0.1, 0.15) is 5.69 Å². The van der Waals surface area contributed by atoms with Crippen molar-refractivity contribution in [3.8, 4) is 0 Å². The number of rotatable bonds is 4. The van der Waals surface area contributed by atoms with E-state index in [1.165, 1.54) is 6.20 Å². The highest BCUT2D eigenvalue weighted by Gasteiger charge is 2.47. The Morgan fingerprint density at radius 1 is 1.07 bits per heavy atom. The zero-order chi connectivity index (χ0) is 19.0. The number of hydrogen-bond acceptors (Lipinski definition) is 5. The molecule has 4 rings (SSSR count). The van der Waals surface area contributed by atoms with Crippen molar-refractivity contribution in [3.63, 3.8) is 0 Å². The number of fused-ring (bicyclic) bond motifs is 2. The quantitative estimate of drug-likeness (QED) is 0.866. The van der Waals surface area contributed by atoms with Gasteiger partial charge in [-0.3, -0.25) is 9.78 Å². The number of benzene rings is 1. The number of aromatic nitrogens is 2. The maximum absolute atomic E-state index is 13.1. The molecule has 142 valence electrons. The first-order valence-electron chi connectivity index (χ1n) is 9.13. The van der Waals surface area contributed by atoms with Crippen LogP contribution >= 0.6 is 0 Å². The SMILES string of the molecule is Cc1cnc(C(=O)NC2CC3CCC(C2)N3S(=O)(=O)c2ccccc2)cn1. The average molecular weight is 386 g/mol. The summed E-state index contributed by atoms with van der Waals surface area (Å²) in [5.74, 6) is -0.258. The van der Waals surface area contributed by atoms with Crippen LogP contribution in [0.15, 0.2) is 47.6 Å². The molecule has 2 atom stereocenters. The minimum atomic E-state index is -3.51. The van der Waals surface area contributed by atoms with E-state index in [1.807, 2.05) is 13.0 Å². The second-order valence-electron chi connectivity index (χ2n) is 7.22. The molecule has 0 saturated carbocycles. The van der Waals surface area contributed by atoms with Gasteiger partial charge in [0.05, 0.1) is 16.8 Å². The van der Waals surface area contributed by atoms with Gasteiger partial charge in [-0.25, -0.2) is 13.4 Å². The van der Waals surface area contributed by atoms with Crippen LogP contribution in [0.1, 0.15) is 41.9 Å². The Morgan fingerprint density at radius 3 is 2.33 bits per heavy atom. The molecule has 0 spiro atoms. The molecule has 1 amide bonds. The van der Waals surface area contributed by atoms with E-state index < -0.39 is 10.0 Å². The van der Waals surface area contributed by atoms with Gasteiger partial charge in [-0.1, -0.05) is 18.2 Å². The predicted molar refractivity (Wildman–Crippen MR) is 99.5 cm³/mol. The van der Waals surface area contributed by atoms with Crippen LogP contribution in [-0.4, -0.2) is 46.7 Å². The van der Waals surface area contributed by atoms with Crippen molar-refractivity contribution in [3.05, 3.63) is 54.1 Å². The zero-order valence-corrected chi connectivity index (χ0v) is 15.9. The molecule has 0 radical (unpaired) electrons. The number of piperidine rings is 1. The molecular formula is C19H22N4O3S. The first-order valence-corrected chi connectivity index (χ1v) is 10.6. The van der Waals surface area contributed by atoms with E-state index in [4.69, 9.17) is 0 Å². The molecule has 1 N–H and O–H groups in total. The van der Waals surface area contributed by atoms with Gasteiger partial charge in [0, 0.05) is 24.3 Å². The number of nitrogens with one attached hydrogen (secondary N) is 1. The highest BCUT2D eigenvalue weighted by atomic mass is 32.2. The maximum Gasteiger partial charge on any atom is 0.271 e. The van der Waals surface area contributed by atoms with Crippen LogP contribution < -0.4 is 5.32 Å². The van der Waals surface area contributed by atoms with Crippen molar-refractivity contribution in [1.82, 2.24) is 19.6 Å². The largest absolute Gasteiger partial charge is 0.348 e. The van der Waals surface area contributed by atoms with Crippen LogP contribution in [0.2, 0.25) is 0 Å². The van der Waals surface area contributed by atoms with E-state index in [-0.39, 0.29) is 29.7 Å². The number of nitrogens with zero attached hydrogens (tertiary/aromatic N) is 3. The number of amides is 1. The van der Waals surface area contributed by atoms with E-state index in [9.17, 15) is 13.2 Å². The summed E-state index contributed by atoms with van der Waals surface area (Å²) in [5, 5.41) is 3.00. The minimum Gasteiger partial charge on any atom is -0.348 e. The summed E-state index contributed by atoms with van der Waals surface area (Å²) in [5.41, 5.74) is 1.04. The summed E-state index contributed by atoms with van der Waals surface area (Å²) >= 11 is 0. The Balaban J connectivity index is 1.48. The molecule has 1 aromatic carbocycles. The second-order valence-corrected chi connectivity index (χ2v) is 9.06. The second kappa shape index (κ2) is 7.01. The zero-order valence-electron chi connectivity index (χ0n) is 15.1. The van der Waals surface area contributed by atoms with Crippen LogP contribution in [0.4, 0.5) is 0 Å². The molecule has 27 heavy (non-hydrogen) atoms. The maximum atomic E-state index is 13.1. The fourth-order valence-corrected chi connectivity index (χ4v) is 6.04. The van der Waals surface area contributed by atoms with Crippen LogP contribution in [0, 0.1) is 6.92 Å². The molecule has 2 aromatic rings. The molecule has 1 aromatic heterocycles. The third-order valence-electron chi connectivity index (χ3n) is 5.33. The summed E-state index contributed by atoms with van der Waals surface area (Å²) in [6, 6.07) is 8.35. The fourth-order valence-electron chi connectivity index (χ4n) is 4.13. The van der Waals surface area contributed by atoms with Gasteiger partial charge in [-0.15, -0.1) is 0 Å². The molecule has 3 heterocycles. The Labute approximate surface area is 158 Å². The summed E-state index contributed by atoms with van der Waals surface area (Å²) in [4.78, 5) is 21.0. The number of carbonyl (C=O) groups is 1. The molecule has 2 aliphatic rings. The molecule has 2 saturated heterocycles. The molecule has 2 bridgehead atoms. The molecule has 0 aliphatic carbocycles. The van der Waals surface area contributed by atoms with Crippen molar-refractivity contribution >= 4 is 15.9 Å². The van der Waals surface area contributed by atoms with Crippen molar-refractivity contribution in [1.29, 1.82) is 0 Å². The van der Waals surface area contributed by atoms with E-state index in [0.29, 0.717) is 17.7 Å². The normalized spacial score (nSPS) is 25.3. The standard InChI is InChI=1S/C19H22N4O3S/c1-13-11-21-18(12-20-13)19(24)22-14-9-15-7-8-16(10-14)23(15)27(25,26)17-5-3-2-4-6-17/h2-6,11-12,14-16H,7-10H2,1H3,(H,22,24). The summed E-state index contributed by atoms with van der Waals surface area (Å²) < 4.78 is 27.8. The van der Waals surface area contributed by atoms with Gasteiger partial charge < -0.3 is 5.32 Å². The Kier molecular flexibility index (Phi) is 4.69. The highest BCUT2D eigenvalue weighted by Crippen LogP contribution is 2.39. The van der Waals surface area contributed by atoms with Gasteiger partial charge in [-0.2, -0.15) is 4.31 Å². The van der Waals surface area contributed by atoms with Gasteiger partial charge in [0.15, 0.2) is 0 Å².